The van der Waals surface area contributed by atoms with Gasteiger partial charge in [-0.3, -0.25) is 0 Å². The molecule has 0 aliphatic carbocycles. The summed E-state index contributed by atoms with van der Waals surface area (Å²) in [5.41, 5.74) is 1.36. The number of phenols is 1. The summed E-state index contributed by atoms with van der Waals surface area (Å²) in [5, 5.41) is 12.6. The van der Waals surface area contributed by atoms with E-state index < -0.39 is 11.6 Å². The van der Waals surface area contributed by atoms with Crippen molar-refractivity contribution in [3.8, 4) is 5.75 Å². The number of nitrogens with one attached hydrogen (secondary N) is 1. The number of rotatable bonds is 3. The average molecular weight is 393 g/mol. The number of aromatic hydroxyl groups is 1. The van der Waals surface area contributed by atoms with E-state index in [-0.39, 0.29) is 5.75 Å². The number of hydrogen-bond donors (Lipinski definition) is 2. The number of hydrogen-bond acceptors (Lipinski definition) is 2. The molecule has 0 unspecified atom stereocenters. The van der Waals surface area contributed by atoms with E-state index in [0.29, 0.717) is 21.2 Å². The van der Waals surface area contributed by atoms with E-state index >= 15 is 0 Å². The highest BCUT2D eigenvalue weighted by Crippen LogP contribution is 2.33. The molecule has 6 heteroatoms. The van der Waals surface area contributed by atoms with Crippen molar-refractivity contribution in [2.45, 2.75) is 6.54 Å². The quantitative estimate of drug-likeness (QED) is 0.785. The van der Waals surface area contributed by atoms with E-state index in [9.17, 15) is 13.9 Å². The molecule has 0 spiro atoms. The molecule has 0 fully saturated rings. The zero-order valence-electron chi connectivity index (χ0n) is 9.55. The molecule has 0 radical (unpaired) electrons. The van der Waals surface area contributed by atoms with E-state index in [2.05, 4.69) is 37.2 Å². The SMILES string of the molecule is Oc1c(Br)cc(CNc2ccc(F)c(F)c2)cc1Br. The lowest BCUT2D eigenvalue weighted by Gasteiger charge is -2.09. The molecule has 0 atom stereocenters. The topological polar surface area (TPSA) is 32.3 Å². The first-order valence-corrected chi connectivity index (χ1v) is 6.92. The molecule has 2 nitrogen and oxygen atoms in total. The molecule has 0 aromatic heterocycles. The van der Waals surface area contributed by atoms with E-state index in [1.54, 1.807) is 12.1 Å². The summed E-state index contributed by atoms with van der Waals surface area (Å²) in [4.78, 5) is 0. The molecule has 100 valence electrons. The Labute approximate surface area is 125 Å². The van der Waals surface area contributed by atoms with Gasteiger partial charge in [-0.25, -0.2) is 8.78 Å². The van der Waals surface area contributed by atoms with Gasteiger partial charge in [0.05, 0.1) is 8.95 Å². The molecule has 2 N–H and O–H groups in total. The van der Waals surface area contributed by atoms with Gasteiger partial charge in [0.1, 0.15) is 5.75 Å². The Bertz CT molecular complexity index is 597. The highest BCUT2D eigenvalue weighted by molar-refractivity contribution is 9.11. The molecule has 0 aliphatic rings. The maximum Gasteiger partial charge on any atom is 0.160 e. The highest BCUT2D eigenvalue weighted by atomic mass is 79.9. The van der Waals surface area contributed by atoms with Gasteiger partial charge in [0.25, 0.3) is 0 Å². The molecular formula is C13H9Br2F2NO. The van der Waals surface area contributed by atoms with Crippen molar-refractivity contribution in [2.75, 3.05) is 5.32 Å². The lowest BCUT2D eigenvalue weighted by Crippen LogP contribution is -2.00. The molecule has 0 amide bonds. The van der Waals surface area contributed by atoms with E-state index in [4.69, 9.17) is 0 Å². The molecule has 2 aromatic carbocycles. The molecule has 0 saturated carbocycles. The van der Waals surface area contributed by atoms with Gasteiger partial charge in [-0.1, -0.05) is 0 Å². The molecule has 0 bridgehead atoms. The molecule has 0 aliphatic heterocycles. The summed E-state index contributed by atoms with van der Waals surface area (Å²) in [7, 11) is 0. The summed E-state index contributed by atoms with van der Waals surface area (Å²) >= 11 is 6.45. The van der Waals surface area contributed by atoms with Gasteiger partial charge in [-0.15, -0.1) is 0 Å². The Kier molecular flexibility index (Phi) is 4.42. The van der Waals surface area contributed by atoms with Crippen LogP contribution in [-0.2, 0) is 6.54 Å². The van der Waals surface area contributed by atoms with Gasteiger partial charge < -0.3 is 10.4 Å². The van der Waals surface area contributed by atoms with E-state index in [0.717, 1.165) is 17.7 Å². The Morgan fingerprint density at radius 2 is 1.63 bits per heavy atom. The zero-order valence-corrected chi connectivity index (χ0v) is 12.7. The maximum absolute atomic E-state index is 13.0. The average Bonchev–Trinajstić information content (AvgIpc) is 2.37. The first kappa shape index (κ1) is 14.3. The minimum atomic E-state index is -0.891. The van der Waals surface area contributed by atoms with Crippen LogP contribution in [0, 0.1) is 11.6 Å². The molecule has 2 rings (SSSR count). The first-order valence-electron chi connectivity index (χ1n) is 5.33. The van der Waals surface area contributed by atoms with Crippen LogP contribution in [0.3, 0.4) is 0 Å². The fourth-order valence-electron chi connectivity index (χ4n) is 1.53. The number of anilines is 1. The summed E-state index contributed by atoms with van der Waals surface area (Å²) < 4.78 is 26.9. The molecule has 2 aromatic rings. The first-order chi connectivity index (χ1) is 8.97. The second-order valence-corrected chi connectivity index (χ2v) is 5.60. The number of phenolic OH excluding ortho intramolecular Hbond substituents is 1. The van der Waals surface area contributed by atoms with Crippen LogP contribution < -0.4 is 5.32 Å². The third kappa shape index (κ3) is 3.45. The van der Waals surface area contributed by atoms with Crippen LogP contribution >= 0.6 is 31.9 Å². The number of halogens is 4. The summed E-state index contributed by atoms with van der Waals surface area (Å²) in [6.07, 6.45) is 0. The van der Waals surface area contributed by atoms with Crippen LogP contribution in [0.5, 0.6) is 5.75 Å². The molecule has 0 saturated heterocycles. The van der Waals surface area contributed by atoms with Crippen LogP contribution in [0.1, 0.15) is 5.56 Å². The van der Waals surface area contributed by atoms with Gasteiger partial charge in [0.2, 0.25) is 0 Å². The molecular weight excluding hydrogens is 384 g/mol. The van der Waals surface area contributed by atoms with Gasteiger partial charge in [0.15, 0.2) is 11.6 Å². The highest BCUT2D eigenvalue weighted by Gasteiger charge is 2.06. The summed E-state index contributed by atoms with van der Waals surface area (Å²) in [5.74, 6) is -1.64. The number of benzene rings is 2. The lowest BCUT2D eigenvalue weighted by molar-refractivity contribution is 0.468. The predicted octanol–water partition coefficient (Wildman–Crippen LogP) is 4.81. The summed E-state index contributed by atoms with van der Waals surface area (Å²) in [6.45, 7) is 0.419. The molecule has 19 heavy (non-hydrogen) atoms. The Morgan fingerprint density at radius 3 is 2.21 bits per heavy atom. The van der Waals surface area contributed by atoms with Crippen LogP contribution in [0.15, 0.2) is 39.3 Å². The minimum absolute atomic E-state index is 0.122. The second-order valence-electron chi connectivity index (χ2n) is 3.89. The van der Waals surface area contributed by atoms with Crippen molar-refractivity contribution in [1.82, 2.24) is 0 Å². The van der Waals surface area contributed by atoms with Crippen LogP contribution in [-0.4, -0.2) is 5.11 Å². The van der Waals surface area contributed by atoms with Crippen molar-refractivity contribution < 1.29 is 13.9 Å². The van der Waals surface area contributed by atoms with Gasteiger partial charge in [-0.05, 0) is 61.7 Å². The minimum Gasteiger partial charge on any atom is -0.506 e. The smallest absolute Gasteiger partial charge is 0.160 e. The van der Waals surface area contributed by atoms with Gasteiger partial charge in [0, 0.05) is 18.3 Å². The normalized spacial score (nSPS) is 10.5. The second kappa shape index (κ2) is 5.88. The van der Waals surface area contributed by atoms with Crippen molar-refractivity contribution in [3.63, 3.8) is 0 Å². The van der Waals surface area contributed by atoms with Gasteiger partial charge in [-0.2, -0.15) is 0 Å². The monoisotopic (exact) mass is 391 g/mol. The van der Waals surface area contributed by atoms with Crippen molar-refractivity contribution in [2.24, 2.45) is 0 Å². The fourth-order valence-corrected chi connectivity index (χ4v) is 2.81. The Morgan fingerprint density at radius 1 is 1.00 bits per heavy atom. The Hall–Kier alpha value is -1.14. The predicted molar refractivity (Wildman–Crippen MR) is 77.2 cm³/mol. The van der Waals surface area contributed by atoms with E-state index in [1.165, 1.54) is 6.07 Å². The van der Waals surface area contributed by atoms with Crippen LogP contribution in [0.25, 0.3) is 0 Å². The molecule has 0 heterocycles. The van der Waals surface area contributed by atoms with Crippen molar-refractivity contribution >= 4 is 37.5 Å². The van der Waals surface area contributed by atoms with Crippen LogP contribution in [0.4, 0.5) is 14.5 Å². The Balaban J connectivity index is 2.12. The van der Waals surface area contributed by atoms with Gasteiger partial charge >= 0.3 is 0 Å². The standard InChI is InChI=1S/C13H9Br2F2NO/c14-9-3-7(4-10(15)13(9)19)6-18-8-1-2-11(16)12(17)5-8/h1-5,18-19H,6H2. The third-order valence-electron chi connectivity index (χ3n) is 2.49. The lowest BCUT2D eigenvalue weighted by atomic mass is 10.2. The summed E-state index contributed by atoms with van der Waals surface area (Å²) in [6, 6.07) is 7.11. The van der Waals surface area contributed by atoms with Crippen molar-refractivity contribution in [1.29, 1.82) is 0 Å². The zero-order chi connectivity index (χ0) is 14.0. The maximum atomic E-state index is 13.0. The van der Waals surface area contributed by atoms with E-state index in [1.807, 2.05) is 0 Å². The van der Waals surface area contributed by atoms with Crippen LogP contribution in [0.2, 0.25) is 0 Å². The fraction of sp³-hybridized carbons (Fsp3) is 0.0769. The largest absolute Gasteiger partial charge is 0.506 e. The third-order valence-corrected chi connectivity index (χ3v) is 3.70. The van der Waals surface area contributed by atoms with Crippen molar-refractivity contribution in [3.05, 3.63) is 56.5 Å².